The van der Waals surface area contributed by atoms with Gasteiger partial charge < -0.3 is 9.64 Å². The van der Waals surface area contributed by atoms with Crippen LogP contribution in [0.25, 0.3) is 54.9 Å². The topological polar surface area (TPSA) is 12.5 Å². The molecule has 276 valence electrons. The molecule has 0 amide bonds. The first-order valence-electron chi connectivity index (χ1n) is 20.3. The summed E-state index contributed by atoms with van der Waals surface area (Å²) in [6.07, 6.45) is 0. The molecular weight excluding hydrogens is 731 g/mol. The van der Waals surface area contributed by atoms with Crippen LogP contribution in [0, 0.1) is 0 Å². The summed E-state index contributed by atoms with van der Waals surface area (Å²) >= 11 is 0. The van der Waals surface area contributed by atoms with Crippen molar-refractivity contribution in [1.29, 1.82) is 0 Å². The molecule has 0 atom stereocenters. The highest BCUT2D eigenvalue weighted by Crippen LogP contribution is 2.46. The van der Waals surface area contributed by atoms with E-state index in [1.54, 1.807) is 0 Å². The van der Waals surface area contributed by atoms with Gasteiger partial charge in [0.1, 0.15) is 5.75 Å². The van der Waals surface area contributed by atoms with Crippen molar-refractivity contribution in [2.75, 3.05) is 4.90 Å². The maximum absolute atomic E-state index is 7.22. The van der Waals surface area contributed by atoms with E-state index in [0.29, 0.717) is 0 Å². The van der Waals surface area contributed by atoms with Gasteiger partial charge in [-0.15, -0.1) is 0 Å². The van der Waals surface area contributed by atoms with Gasteiger partial charge in [-0.3, -0.25) is 0 Å². The van der Waals surface area contributed by atoms with Crippen molar-refractivity contribution in [3.63, 3.8) is 0 Å². The first-order chi connectivity index (χ1) is 29.3. The molecule has 0 saturated carbocycles. The molecule has 0 unspecified atom stereocenters. The molecule has 0 radical (unpaired) electrons. The highest BCUT2D eigenvalue weighted by molar-refractivity contribution is 7.23. The van der Waals surface area contributed by atoms with Crippen molar-refractivity contribution in [2.45, 2.75) is 0 Å². The second-order valence-electron chi connectivity index (χ2n) is 15.6. The van der Waals surface area contributed by atoms with E-state index in [4.69, 9.17) is 4.74 Å². The Balaban J connectivity index is 1.08. The van der Waals surface area contributed by atoms with E-state index < -0.39 is 8.07 Å². The maximum atomic E-state index is 7.22. The number of rotatable bonds is 5. The molecule has 0 bridgehead atoms. The summed E-state index contributed by atoms with van der Waals surface area (Å²) in [5.74, 6) is 1.85. The van der Waals surface area contributed by atoms with Crippen LogP contribution in [0.3, 0.4) is 0 Å². The molecule has 2 heterocycles. The van der Waals surface area contributed by atoms with E-state index in [1.165, 1.54) is 75.7 Å². The predicted molar refractivity (Wildman–Crippen MR) is 250 cm³/mol. The van der Waals surface area contributed by atoms with Gasteiger partial charge in [-0.2, -0.15) is 0 Å². The van der Waals surface area contributed by atoms with Crippen LogP contribution in [-0.2, 0) is 0 Å². The third-order valence-electron chi connectivity index (χ3n) is 12.5. The largest absolute Gasteiger partial charge is 0.455 e. The summed E-state index contributed by atoms with van der Waals surface area (Å²) in [6.45, 7) is 0. The van der Waals surface area contributed by atoms with E-state index in [-0.39, 0.29) is 0 Å². The van der Waals surface area contributed by atoms with Gasteiger partial charge >= 0.3 is 0 Å². The molecule has 0 fully saturated rings. The lowest BCUT2D eigenvalue weighted by molar-refractivity contribution is 0.488. The van der Waals surface area contributed by atoms with E-state index in [2.05, 4.69) is 229 Å². The summed E-state index contributed by atoms with van der Waals surface area (Å²) in [4.78, 5) is 2.39. The Kier molecular flexibility index (Phi) is 7.59. The Morgan fingerprint density at radius 1 is 0.322 bits per heavy atom. The summed E-state index contributed by atoms with van der Waals surface area (Å²) in [5.41, 5.74) is 10.6. The van der Waals surface area contributed by atoms with Gasteiger partial charge in [0.15, 0.2) is 13.8 Å². The van der Waals surface area contributed by atoms with Gasteiger partial charge in [0.25, 0.3) is 0 Å². The molecule has 2 aliphatic heterocycles. The summed E-state index contributed by atoms with van der Waals surface area (Å²) < 4.78 is 7.22. The molecule has 12 rings (SSSR count). The van der Waals surface area contributed by atoms with Crippen LogP contribution in [0.5, 0.6) is 11.5 Å². The lowest BCUT2D eigenvalue weighted by Gasteiger charge is -2.39. The van der Waals surface area contributed by atoms with Crippen molar-refractivity contribution in [3.05, 3.63) is 224 Å². The molecule has 10 aromatic carbocycles. The predicted octanol–water partition coefficient (Wildman–Crippen LogP) is 12.3. The number of benzene rings is 10. The minimum Gasteiger partial charge on any atom is -0.455 e. The fourth-order valence-electron chi connectivity index (χ4n) is 10.0. The Morgan fingerprint density at radius 3 is 1.32 bits per heavy atom. The van der Waals surface area contributed by atoms with Gasteiger partial charge in [-0.1, -0.05) is 188 Å². The number of fused-ring (bicyclic) bond motifs is 11. The van der Waals surface area contributed by atoms with Crippen LogP contribution >= 0.6 is 0 Å². The van der Waals surface area contributed by atoms with Crippen LogP contribution in [0.4, 0.5) is 17.1 Å². The minimum atomic E-state index is -2.79. The first kappa shape index (κ1) is 33.7. The summed E-state index contributed by atoms with van der Waals surface area (Å²) in [7, 11) is -2.79. The number of ether oxygens (including phenoxy) is 1. The lowest BCUT2D eigenvalue weighted by Crippen LogP contribution is -2.74. The number of anilines is 3. The standard InChI is InChI=1S/C56H37NOSi/c1-3-18-44-38(14-1)16-11-22-46(44)40-30-34-42(35-31-40)57(43-36-32-41(33-37-43)47-23-12-17-39-15-2-4-19-45(39)47)50-24-13-29-55-56(50)58-51-25-7-10-28-54(51)59(55)52-26-8-5-20-48(52)49-21-6-9-27-53(49)59/h1-37H. The second kappa shape index (κ2) is 13.3. The molecule has 10 aromatic rings. The lowest BCUT2D eigenvalue weighted by atomic mass is 9.97. The zero-order valence-electron chi connectivity index (χ0n) is 32.2. The molecule has 2 aliphatic rings. The monoisotopic (exact) mass is 767 g/mol. The van der Waals surface area contributed by atoms with Gasteiger partial charge in [-0.05, 0) is 112 Å². The van der Waals surface area contributed by atoms with E-state index in [1.807, 2.05) is 0 Å². The van der Waals surface area contributed by atoms with Gasteiger partial charge in [0, 0.05) is 11.4 Å². The molecular formula is C56H37NOSi. The number of para-hydroxylation sites is 2. The van der Waals surface area contributed by atoms with E-state index in [0.717, 1.165) is 28.6 Å². The van der Waals surface area contributed by atoms with E-state index >= 15 is 0 Å². The molecule has 0 saturated heterocycles. The number of hydrogen-bond donors (Lipinski definition) is 0. The van der Waals surface area contributed by atoms with Crippen LogP contribution in [-0.4, -0.2) is 8.07 Å². The van der Waals surface area contributed by atoms with E-state index in [9.17, 15) is 0 Å². The Labute approximate surface area is 344 Å². The number of hydrogen-bond acceptors (Lipinski definition) is 2. The van der Waals surface area contributed by atoms with Crippen molar-refractivity contribution in [3.8, 4) is 44.9 Å². The van der Waals surface area contributed by atoms with Crippen molar-refractivity contribution < 1.29 is 4.74 Å². The smallest absolute Gasteiger partial charge is 0.189 e. The highest BCUT2D eigenvalue weighted by Gasteiger charge is 2.54. The van der Waals surface area contributed by atoms with Gasteiger partial charge in [0.2, 0.25) is 0 Å². The summed E-state index contributed by atoms with van der Waals surface area (Å²) in [6, 6.07) is 82.2. The fraction of sp³-hybridized carbons (Fsp3) is 0. The number of nitrogens with zero attached hydrogens (tertiary/aromatic N) is 1. The molecule has 2 nitrogen and oxygen atoms in total. The second-order valence-corrected chi connectivity index (χ2v) is 19.2. The Bertz CT molecular complexity index is 3080. The molecule has 1 spiro atoms. The SMILES string of the molecule is c1ccc2c(c1)Oc1c(N(c3ccc(-c4cccc5ccccc45)cc3)c3ccc(-c4cccc5ccccc45)cc3)cccc1[Si]21c2ccccc2-c2ccccc21. The van der Waals surface area contributed by atoms with Crippen molar-refractivity contribution in [1.82, 2.24) is 0 Å². The zero-order chi connectivity index (χ0) is 38.9. The van der Waals surface area contributed by atoms with Crippen LogP contribution in [0.15, 0.2) is 224 Å². The average Bonchev–Trinajstić information content (AvgIpc) is 3.60. The third-order valence-corrected chi connectivity index (χ3v) is 17.5. The molecule has 3 heteroatoms. The van der Waals surface area contributed by atoms with Gasteiger partial charge in [0.05, 0.1) is 5.69 Å². The van der Waals surface area contributed by atoms with Crippen LogP contribution < -0.4 is 30.4 Å². The normalized spacial score (nSPS) is 13.0. The highest BCUT2D eigenvalue weighted by atomic mass is 28.3. The molecule has 0 aromatic heterocycles. The Morgan fingerprint density at radius 2 is 0.746 bits per heavy atom. The van der Waals surface area contributed by atoms with Crippen LogP contribution in [0.1, 0.15) is 0 Å². The van der Waals surface area contributed by atoms with Crippen LogP contribution in [0.2, 0.25) is 0 Å². The van der Waals surface area contributed by atoms with Gasteiger partial charge in [-0.25, -0.2) is 0 Å². The Hall–Kier alpha value is -7.46. The third kappa shape index (κ3) is 5.05. The summed E-state index contributed by atoms with van der Waals surface area (Å²) in [5, 5.41) is 10.4. The first-order valence-corrected chi connectivity index (χ1v) is 22.3. The maximum Gasteiger partial charge on any atom is 0.189 e. The van der Waals surface area contributed by atoms with Crippen molar-refractivity contribution >= 4 is 67.4 Å². The zero-order valence-corrected chi connectivity index (χ0v) is 33.2. The molecule has 0 aliphatic carbocycles. The average molecular weight is 768 g/mol. The molecule has 0 N–H and O–H groups in total. The fourth-order valence-corrected chi connectivity index (χ4v) is 15.4. The van der Waals surface area contributed by atoms with Crippen molar-refractivity contribution in [2.24, 2.45) is 0 Å². The molecule has 59 heavy (non-hydrogen) atoms. The minimum absolute atomic E-state index is 0.917. The quantitative estimate of drug-likeness (QED) is 0.162.